The summed E-state index contributed by atoms with van der Waals surface area (Å²) in [6.45, 7) is 1.60. The molecule has 1 unspecified atom stereocenters. The van der Waals surface area contributed by atoms with Crippen LogP contribution >= 0.6 is 24.0 Å². The van der Waals surface area contributed by atoms with E-state index < -0.39 is 11.5 Å². The van der Waals surface area contributed by atoms with Gasteiger partial charge in [-0.15, -0.1) is 29.1 Å². The standard InChI is InChI=1S/C9H11N5O4S2/c1-4-12-14(9(19)17-4)18-7(15)6(13-16-2)5-3-20-8(10)11-5/h3,9,19H,1-2H3,(H2,10,11). The lowest BCUT2D eigenvalue weighted by Gasteiger charge is -2.15. The van der Waals surface area contributed by atoms with Crippen molar-refractivity contribution in [1.29, 1.82) is 0 Å². The summed E-state index contributed by atoms with van der Waals surface area (Å²) in [5, 5.41) is 10.2. The van der Waals surface area contributed by atoms with E-state index in [4.69, 9.17) is 15.3 Å². The summed E-state index contributed by atoms with van der Waals surface area (Å²) in [4.78, 5) is 25.6. The molecule has 0 spiro atoms. The fourth-order valence-corrected chi connectivity index (χ4v) is 2.08. The fourth-order valence-electron chi connectivity index (χ4n) is 1.28. The van der Waals surface area contributed by atoms with Gasteiger partial charge in [0.05, 0.1) is 0 Å². The van der Waals surface area contributed by atoms with Crippen LogP contribution in [0, 0.1) is 0 Å². The second kappa shape index (κ2) is 5.96. The normalized spacial score (nSPS) is 18.6. The largest absolute Gasteiger partial charge is 0.442 e. The SMILES string of the molecule is CON=C(C(=O)ON1N=C(C)OC1S)c1csc(N)n1. The first-order valence-electron chi connectivity index (χ1n) is 5.25. The van der Waals surface area contributed by atoms with E-state index in [9.17, 15) is 4.79 Å². The highest BCUT2D eigenvalue weighted by Gasteiger charge is 2.29. The number of nitrogen functional groups attached to an aromatic ring is 1. The Bertz CT molecular complexity index is 572. The first-order chi connectivity index (χ1) is 9.51. The van der Waals surface area contributed by atoms with Crippen molar-refractivity contribution in [3.05, 3.63) is 11.1 Å². The molecule has 1 aliphatic rings. The van der Waals surface area contributed by atoms with Crippen LogP contribution in [0.15, 0.2) is 15.6 Å². The quantitative estimate of drug-likeness (QED) is 0.470. The summed E-state index contributed by atoms with van der Waals surface area (Å²) >= 11 is 5.20. The molecule has 1 aromatic rings. The smallest absolute Gasteiger partial charge is 0.389 e. The first-order valence-corrected chi connectivity index (χ1v) is 6.65. The number of thiazole rings is 1. The lowest BCUT2D eigenvalue weighted by Crippen LogP contribution is -2.31. The molecule has 1 aliphatic heterocycles. The topological polar surface area (TPSA) is 112 Å². The molecule has 2 N–H and O–H groups in total. The molecule has 1 atom stereocenters. The zero-order valence-electron chi connectivity index (χ0n) is 10.5. The number of thiol groups is 1. The number of carbonyl (C=O) groups excluding carboxylic acids is 1. The molecule has 11 heteroatoms. The van der Waals surface area contributed by atoms with Gasteiger partial charge in [-0.2, -0.15) is 0 Å². The van der Waals surface area contributed by atoms with E-state index in [0.717, 1.165) is 16.5 Å². The van der Waals surface area contributed by atoms with E-state index in [1.807, 2.05) is 0 Å². The molecule has 0 aromatic carbocycles. The highest BCUT2D eigenvalue weighted by Crippen LogP contribution is 2.18. The molecule has 9 nitrogen and oxygen atoms in total. The average Bonchev–Trinajstić information content (AvgIpc) is 2.93. The van der Waals surface area contributed by atoms with Crippen LogP contribution in [-0.4, -0.2) is 40.4 Å². The maximum Gasteiger partial charge on any atom is 0.389 e. The van der Waals surface area contributed by atoms with Gasteiger partial charge in [0.25, 0.3) is 5.56 Å². The minimum Gasteiger partial charge on any atom is -0.442 e. The maximum atomic E-state index is 12.0. The number of hydrogen-bond donors (Lipinski definition) is 2. The van der Waals surface area contributed by atoms with Crippen molar-refractivity contribution in [3.8, 4) is 0 Å². The summed E-state index contributed by atoms with van der Waals surface area (Å²) in [5.41, 5.74) is 4.80. The zero-order valence-corrected chi connectivity index (χ0v) is 12.2. The van der Waals surface area contributed by atoms with Crippen molar-refractivity contribution in [3.63, 3.8) is 0 Å². The molecule has 0 radical (unpaired) electrons. The molecule has 2 heterocycles. The maximum absolute atomic E-state index is 12.0. The molecule has 0 amide bonds. The Morgan fingerprint density at radius 2 is 2.45 bits per heavy atom. The number of hydroxylamine groups is 1. The summed E-state index contributed by atoms with van der Waals surface area (Å²) < 4.78 is 5.08. The Morgan fingerprint density at radius 1 is 1.70 bits per heavy atom. The van der Waals surface area contributed by atoms with Crippen LogP contribution in [0.3, 0.4) is 0 Å². The molecular formula is C9H11N5O4S2. The van der Waals surface area contributed by atoms with Crippen molar-refractivity contribution in [1.82, 2.24) is 10.2 Å². The van der Waals surface area contributed by atoms with Gasteiger partial charge in [-0.1, -0.05) is 10.3 Å². The van der Waals surface area contributed by atoms with Crippen LogP contribution in [0.1, 0.15) is 12.6 Å². The third-order valence-corrected chi connectivity index (χ3v) is 3.00. The Hall–Kier alpha value is -2.01. The van der Waals surface area contributed by atoms with Gasteiger partial charge in [0.15, 0.2) is 5.13 Å². The van der Waals surface area contributed by atoms with Gasteiger partial charge >= 0.3 is 5.97 Å². The molecule has 2 rings (SSSR count). The Balaban J connectivity index is 2.15. The highest BCUT2D eigenvalue weighted by atomic mass is 32.1. The summed E-state index contributed by atoms with van der Waals surface area (Å²) in [6, 6.07) is 0. The van der Waals surface area contributed by atoms with Crippen LogP contribution in [0.25, 0.3) is 0 Å². The van der Waals surface area contributed by atoms with Gasteiger partial charge in [0.2, 0.25) is 11.6 Å². The van der Waals surface area contributed by atoms with Crippen LogP contribution in [0.5, 0.6) is 0 Å². The Kier molecular flexibility index (Phi) is 4.29. The monoisotopic (exact) mass is 317 g/mol. The molecule has 0 saturated heterocycles. The number of hydrazone groups is 1. The molecular weight excluding hydrogens is 306 g/mol. The summed E-state index contributed by atoms with van der Waals surface area (Å²) in [7, 11) is 1.30. The second-order valence-corrected chi connectivity index (χ2v) is 4.77. The highest BCUT2D eigenvalue weighted by molar-refractivity contribution is 7.80. The van der Waals surface area contributed by atoms with Gasteiger partial charge in [-0.25, -0.2) is 9.78 Å². The number of rotatable bonds is 4. The summed E-state index contributed by atoms with van der Waals surface area (Å²) in [5.74, 6) is -0.501. The molecule has 108 valence electrons. The lowest BCUT2D eigenvalue weighted by atomic mass is 10.3. The Morgan fingerprint density at radius 3 is 2.95 bits per heavy atom. The van der Waals surface area contributed by atoms with Gasteiger partial charge in [0.1, 0.15) is 12.8 Å². The van der Waals surface area contributed by atoms with Crippen LogP contribution in [-0.2, 0) is 19.2 Å². The predicted molar refractivity (Wildman–Crippen MR) is 75.0 cm³/mol. The third-order valence-electron chi connectivity index (χ3n) is 2.02. The van der Waals surface area contributed by atoms with Gasteiger partial charge in [-0.3, -0.25) is 0 Å². The summed E-state index contributed by atoms with van der Waals surface area (Å²) in [6.07, 6.45) is 0. The third kappa shape index (κ3) is 3.11. The Labute approximate surface area is 123 Å². The molecule has 0 fully saturated rings. The number of aromatic nitrogens is 1. The van der Waals surface area contributed by atoms with Crippen molar-refractivity contribution in [2.45, 2.75) is 12.5 Å². The number of carbonyl (C=O) groups is 1. The molecule has 0 saturated carbocycles. The van der Waals surface area contributed by atoms with Crippen LogP contribution in [0.2, 0.25) is 0 Å². The van der Waals surface area contributed by atoms with E-state index in [1.165, 1.54) is 7.11 Å². The van der Waals surface area contributed by atoms with E-state index in [0.29, 0.717) is 11.0 Å². The first kappa shape index (κ1) is 14.4. The number of hydrogen-bond acceptors (Lipinski definition) is 11. The molecule has 0 bridgehead atoms. The van der Waals surface area contributed by atoms with Crippen LogP contribution in [0.4, 0.5) is 5.13 Å². The van der Waals surface area contributed by atoms with Gasteiger partial charge in [-0.05, 0) is 0 Å². The van der Waals surface area contributed by atoms with Gasteiger partial charge in [0, 0.05) is 12.3 Å². The van der Waals surface area contributed by atoms with Gasteiger partial charge < -0.3 is 20.1 Å². The van der Waals surface area contributed by atoms with Crippen molar-refractivity contribution in [2.24, 2.45) is 10.3 Å². The minimum absolute atomic E-state index is 0.138. The van der Waals surface area contributed by atoms with Crippen molar-refractivity contribution >= 4 is 46.7 Å². The van der Waals surface area contributed by atoms with Crippen molar-refractivity contribution < 1.29 is 19.2 Å². The van der Waals surface area contributed by atoms with E-state index >= 15 is 0 Å². The van der Waals surface area contributed by atoms with E-state index in [-0.39, 0.29) is 11.4 Å². The predicted octanol–water partition coefficient (Wildman–Crippen LogP) is 0.413. The molecule has 20 heavy (non-hydrogen) atoms. The molecule has 0 aliphatic carbocycles. The van der Waals surface area contributed by atoms with Crippen LogP contribution < -0.4 is 5.73 Å². The lowest BCUT2D eigenvalue weighted by molar-refractivity contribution is -0.194. The number of nitrogens with zero attached hydrogens (tertiary/aromatic N) is 4. The van der Waals surface area contributed by atoms with Crippen molar-refractivity contribution in [2.75, 3.05) is 12.8 Å². The minimum atomic E-state index is -0.821. The second-order valence-electron chi connectivity index (χ2n) is 3.44. The van der Waals surface area contributed by atoms with E-state index in [1.54, 1.807) is 12.3 Å². The zero-order chi connectivity index (χ0) is 14.7. The fraction of sp³-hybridized carbons (Fsp3) is 0.333. The number of oxime groups is 1. The number of nitrogens with two attached hydrogens (primary N) is 1. The number of ether oxygens (including phenoxy) is 1. The number of anilines is 1. The van der Waals surface area contributed by atoms with E-state index in [2.05, 4.69) is 32.7 Å². The molecule has 1 aromatic heterocycles. The average molecular weight is 317 g/mol.